The largest absolute Gasteiger partial charge is 0.494 e. The molecule has 1 aromatic carbocycles. The Morgan fingerprint density at radius 1 is 1.42 bits per heavy atom. The summed E-state index contributed by atoms with van der Waals surface area (Å²) in [5.41, 5.74) is 4.17. The van der Waals surface area contributed by atoms with Crippen LogP contribution in [0.1, 0.15) is 22.3 Å². The van der Waals surface area contributed by atoms with Crippen molar-refractivity contribution < 1.29 is 14.3 Å². The van der Waals surface area contributed by atoms with E-state index in [-0.39, 0.29) is 5.91 Å². The summed E-state index contributed by atoms with van der Waals surface area (Å²) < 4.78 is 12.4. The van der Waals surface area contributed by atoms with Crippen LogP contribution in [0.5, 0.6) is 5.75 Å². The van der Waals surface area contributed by atoms with Crippen molar-refractivity contribution in [3.8, 4) is 5.75 Å². The molecule has 8 nitrogen and oxygen atoms in total. The first-order valence-electron chi connectivity index (χ1n) is 8.29. The van der Waals surface area contributed by atoms with Crippen molar-refractivity contribution in [3.63, 3.8) is 0 Å². The molecular formula is C18H19N5O3. The van der Waals surface area contributed by atoms with Gasteiger partial charge >= 0.3 is 0 Å². The lowest BCUT2D eigenvalue weighted by atomic mass is 10.00. The molecule has 134 valence electrons. The molecule has 26 heavy (non-hydrogen) atoms. The van der Waals surface area contributed by atoms with E-state index < -0.39 is 0 Å². The first kappa shape index (κ1) is 16.3. The molecule has 0 unspecified atom stereocenters. The van der Waals surface area contributed by atoms with Crippen molar-refractivity contribution in [2.24, 2.45) is 7.05 Å². The van der Waals surface area contributed by atoms with Crippen LogP contribution in [0.25, 0.3) is 16.6 Å². The highest BCUT2D eigenvalue weighted by molar-refractivity contribution is 6.04. The number of nitrogens with zero attached hydrogens (tertiary/aromatic N) is 3. The average Bonchev–Trinajstić information content (AvgIpc) is 3.27. The molecule has 0 saturated carbocycles. The number of aryl methyl sites for hydroxylation is 1. The number of anilines is 1. The van der Waals surface area contributed by atoms with Gasteiger partial charge < -0.3 is 14.5 Å². The van der Waals surface area contributed by atoms with E-state index in [9.17, 15) is 4.79 Å². The minimum Gasteiger partial charge on any atom is -0.494 e. The maximum absolute atomic E-state index is 12.4. The third-order valence-corrected chi connectivity index (χ3v) is 4.33. The topological polar surface area (TPSA) is 94.1 Å². The monoisotopic (exact) mass is 353 g/mol. The van der Waals surface area contributed by atoms with Crippen molar-refractivity contribution >= 4 is 28.5 Å². The van der Waals surface area contributed by atoms with Gasteiger partial charge in [-0.3, -0.25) is 14.8 Å². The normalized spacial score (nSPS) is 14.3. The number of benzene rings is 1. The van der Waals surface area contributed by atoms with Gasteiger partial charge in [0.05, 0.1) is 32.1 Å². The fourth-order valence-electron chi connectivity index (χ4n) is 3.05. The number of H-pyrrole nitrogens is 1. The predicted octanol–water partition coefficient (Wildman–Crippen LogP) is 2.36. The Balaban J connectivity index is 1.72. The summed E-state index contributed by atoms with van der Waals surface area (Å²) in [5.74, 6) is 0.765. The Bertz CT molecular complexity index is 1000. The highest BCUT2D eigenvalue weighted by Crippen LogP contribution is 2.33. The molecule has 8 heteroatoms. The highest BCUT2D eigenvalue weighted by Gasteiger charge is 2.18. The number of aromatic amines is 1. The minimum absolute atomic E-state index is 0.275. The highest BCUT2D eigenvalue weighted by atomic mass is 16.5. The second kappa shape index (κ2) is 6.64. The van der Waals surface area contributed by atoms with Crippen LogP contribution in [0, 0.1) is 0 Å². The van der Waals surface area contributed by atoms with E-state index in [0.717, 1.165) is 23.0 Å². The Morgan fingerprint density at radius 3 is 3.00 bits per heavy atom. The molecular weight excluding hydrogens is 334 g/mol. The molecule has 2 aromatic heterocycles. The number of fused-ring (bicyclic) bond motifs is 1. The van der Waals surface area contributed by atoms with E-state index in [0.29, 0.717) is 30.5 Å². The molecule has 3 heterocycles. The zero-order valence-corrected chi connectivity index (χ0v) is 14.6. The summed E-state index contributed by atoms with van der Waals surface area (Å²) in [6, 6.07) is 3.89. The molecule has 0 spiro atoms. The number of amides is 1. The van der Waals surface area contributed by atoms with E-state index in [1.54, 1.807) is 25.0 Å². The van der Waals surface area contributed by atoms with Gasteiger partial charge in [0.15, 0.2) is 0 Å². The Hall–Kier alpha value is -3.13. The summed E-state index contributed by atoms with van der Waals surface area (Å²) in [6.45, 7) is 1.28. The molecule has 0 saturated heterocycles. The number of hydrogen-bond donors (Lipinski definition) is 2. The molecule has 4 rings (SSSR count). The number of rotatable bonds is 4. The molecule has 1 amide bonds. The molecule has 0 bridgehead atoms. The summed E-state index contributed by atoms with van der Waals surface area (Å²) in [5, 5.41) is 6.79. The Labute approximate surface area is 149 Å². The predicted molar refractivity (Wildman–Crippen MR) is 97.2 cm³/mol. The third kappa shape index (κ3) is 2.95. The lowest BCUT2D eigenvalue weighted by molar-refractivity contribution is 0.102. The lowest BCUT2D eigenvalue weighted by Gasteiger charge is -2.14. The standard InChI is InChI=1S/C18H19N5O3/c1-23-10-12(9-19-23)17(24)22-18-20-15-13(11-5-7-26-8-6-11)3-4-14(25-2)16(15)21-18/h3-5,9-10H,6-8H2,1-2H3,(H2,20,21,22,24). The van der Waals surface area contributed by atoms with Gasteiger partial charge in [0, 0.05) is 18.8 Å². The Morgan fingerprint density at radius 2 is 2.31 bits per heavy atom. The number of carbonyl (C=O) groups excluding carboxylic acids is 1. The van der Waals surface area contributed by atoms with E-state index in [4.69, 9.17) is 9.47 Å². The molecule has 0 aliphatic carbocycles. The molecule has 2 N–H and O–H groups in total. The van der Waals surface area contributed by atoms with Crippen LogP contribution < -0.4 is 10.1 Å². The van der Waals surface area contributed by atoms with Gasteiger partial charge in [0.2, 0.25) is 5.95 Å². The van der Waals surface area contributed by atoms with Gasteiger partial charge in [-0.15, -0.1) is 0 Å². The van der Waals surface area contributed by atoms with Gasteiger partial charge in [-0.1, -0.05) is 6.08 Å². The number of hydrogen-bond acceptors (Lipinski definition) is 5. The van der Waals surface area contributed by atoms with E-state index in [2.05, 4.69) is 26.5 Å². The van der Waals surface area contributed by atoms with E-state index in [1.165, 1.54) is 11.8 Å². The van der Waals surface area contributed by atoms with Crippen LogP contribution in [0.3, 0.4) is 0 Å². The second-order valence-electron chi connectivity index (χ2n) is 6.04. The summed E-state index contributed by atoms with van der Waals surface area (Å²) in [6.07, 6.45) is 6.05. The average molecular weight is 353 g/mol. The van der Waals surface area contributed by atoms with Crippen LogP contribution >= 0.6 is 0 Å². The Kier molecular flexibility index (Phi) is 4.18. The SMILES string of the molecule is COc1ccc(C2=CCOCC2)c2nc(NC(=O)c3cnn(C)c3)[nH]c12. The molecule has 1 aliphatic heterocycles. The zero-order chi connectivity index (χ0) is 18.1. The van der Waals surface area contributed by atoms with Gasteiger partial charge in [0.1, 0.15) is 16.8 Å². The molecule has 1 aliphatic rings. The smallest absolute Gasteiger partial charge is 0.261 e. The number of methoxy groups -OCH3 is 1. The summed E-state index contributed by atoms with van der Waals surface area (Å²) in [7, 11) is 3.37. The maximum Gasteiger partial charge on any atom is 0.261 e. The van der Waals surface area contributed by atoms with Gasteiger partial charge in [0.25, 0.3) is 5.91 Å². The van der Waals surface area contributed by atoms with Crippen LogP contribution in [0.15, 0.2) is 30.6 Å². The van der Waals surface area contributed by atoms with E-state index >= 15 is 0 Å². The first-order valence-corrected chi connectivity index (χ1v) is 8.29. The van der Waals surface area contributed by atoms with Crippen LogP contribution in [-0.4, -0.2) is 46.0 Å². The fraction of sp³-hybridized carbons (Fsp3) is 0.278. The van der Waals surface area contributed by atoms with Gasteiger partial charge in [-0.2, -0.15) is 5.10 Å². The lowest BCUT2D eigenvalue weighted by Crippen LogP contribution is -2.12. The molecule has 0 fully saturated rings. The molecule has 3 aromatic rings. The first-order chi connectivity index (χ1) is 12.7. The van der Waals surface area contributed by atoms with Crippen molar-refractivity contribution in [2.75, 3.05) is 25.6 Å². The minimum atomic E-state index is -0.275. The number of imidazole rings is 1. The maximum atomic E-state index is 12.4. The van der Waals surface area contributed by atoms with Crippen LogP contribution in [0.2, 0.25) is 0 Å². The van der Waals surface area contributed by atoms with Gasteiger partial charge in [-0.05, 0) is 24.1 Å². The summed E-state index contributed by atoms with van der Waals surface area (Å²) in [4.78, 5) is 20.1. The quantitative estimate of drug-likeness (QED) is 0.751. The van der Waals surface area contributed by atoms with Crippen LogP contribution in [-0.2, 0) is 11.8 Å². The number of carbonyl (C=O) groups is 1. The second-order valence-corrected chi connectivity index (χ2v) is 6.04. The zero-order valence-electron chi connectivity index (χ0n) is 14.6. The third-order valence-electron chi connectivity index (χ3n) is 4.33. The van der Waals surface area contributed by atoms with Gasteiger partial charge in [-0.25, -0.2) is 4.98 Å². The van der Waals surface area contributed by atoms with E-state index in [1.807, 2.05) is 12.1 Å². The van der Waals surface area contributed by atoms with Crippen LogP contribution in [0.4, 0.5) is 5.95 Å². The number of ether oxygens (including phenoxy) is 2. The van der Waals surface area contributed by atoms with Crippen molar-refractivity contribution in [3.05, 3.63) is 41.7 Å². The number of nitrogens with one attached hydrogen (secondary N) is 2. The number of aromatic nitrogens is 4. The van der Waals surface area contributed by atoms with Crippen molar-refractivity contribution in [1.82, 2.24) is 19.7 Å². The molecule has 0 radical (unpaired) electrons. The van der Waals surface area contributed by atoms with Crippen molar-refractivity contribution in [2.45, 2.75) is 6.42 Å². The van der Waals surface area contributed by atoms with Crippen molar-refractivity contribution in [1.29, 1.82) is 0 Å². The molecule has 0 atom stereocenters. The summed E-state index contributed by atoms with van der Waals surface area (Å²) >= 11 is 0. The fourth-order valence-corrected chi connectivity index (χ4v) is 3.05.